The molecule has 0 bridgehead atoms. The smallest absolute Gasteiger partial charge is 0.0591 e. The van der Waals surface area contributed by atoms with Gasteiger partial charge >= 0.3 is 0 Å². The van der Waals surface area contributed by atoms with E-state index < -0.39 is 0 Å². The molecule has 0 fully saturated rings. The Bertz CT molecular complexity index is 113. The van der Waals surface area contributed by atoms with E-state index >= 15 is 0 Å². The first-order valence-corrected chi connectivity index (χ1v) is 6.01. The van der Waals surface area contributed by atoms with Crippen LogP contribution in [0.4, 0.5) is 0 Å². The average Bonchev–Trinajstić information content (AvgIpc) is 2.14. The first-order chi connectivity index (χ1) is 7.13. The van der Waals surface area contributed by atoms with Crippen LogP contribution in [0.3, 0.4) is 0 Å². The topological polar surface area (TPSA) is 30.5 Å². The maximum atomic E-state index is 5.45. The van der Waals surface area contributed by atoms with Gasteiger partial charge in [-0.3, -0.25) is 0 Å². The summed E-state index contributed by atoms with van der Waals surface area (Å²) < 4.78 is 10.9. The predicted molar refractivity (Wildman–Crippen MR) is 64.2 cm³/mol. The summed E-state index contributed by atoms with van der Waals surface area (Å²) >= 11 is 0. The third kappa shape index (κ3) is 13.9. The maximum Gasteiger partial charge on any atom is 0.0591 e. The molecule has 0 aromatic rings. The molecule has 0 aliphatic carbocycles. The summed E-state index contributed by atoms with van der Waals surface area (Å²) in [6, 6.07) is 0.544. The number of hydrogen-bond donors (Lipinski definition) is 1. The summed E-state index contributed by atoms with van der Waals surface area (Å²) in [5.74, 6) is 0.626. The molecule has 0 aromatic heterocycles. The largest absolute Gasteiger partial charge is 0.381 e. The van der Waals surface area contributed by atoms with Gasteiger partial charge in [-0.25, -0.2) is 0 Å². The molecule has 0 aliphatic heterocycles. The summed E-state index contributed by atoms with van der Waals surface area (Å²) in [6.07, 6.45) is 0.994. The molecule has 0 heterocycles. The SMILES string of the molecule is CC(C)COCCCOCCNC(C)C. The number of hydrogen-bond acceptors (Lipinski definition) is 3. The molecule has 0 saturated heterocycles. The number of ether oxygens (including phenoxy) is 2. The third-order valence-electron chi connectivity index (χ3n) is 1.83. The minimum absolute atomic E-state index is 0.544. The lowest BCUT2D eigenvalue weighted by Gasteiger charge is -2.09. The van der Waals surface area contributed by atoms with Gasteiger partial charge in [0.1, 0.15) is 0 Å². The van der Waals surface area contributed by atoms with Crippen molar-refractivity contribution < 1.29 is 9.47 Å². The monoisotopic (exact) mass is 217 g/mol. The highest BCUT2D eigenvalue weighted by Gasteiger charge is 1.94. The quantitative estimate of drug-likeness (QED) is 0.568. The molecule has 0 saturated carbocycles. The summed E-state index contributed by atoms with van der Waals surface area (Å²) in [4.78, 5) is 0. The number of nitrogens with one attached hydrogen (secondary N) is 1. The second-order valence-electron chi connectivity index (χ2n) is 4.54. The van der Waals surface area contributed by atoms with E-state index in [1.54, 1.807) is 0 Å². The lowest BCUT2D eigenvalue weighted by Crippen LogP contribution is -2.26. The fraction of sp³-hybridized carbons (Fsp3) is 1.00. The summed E-state index contributed by atoms with van der Waals surface area (Å²) in [5.41, 5.74) is 0. The van der Waals surface area contributed by atoms with Crippen LogP contribution < -0.4 is 5.32 Å². The summed E-state index contributed by atoms with van der Waals surface area (Å²) in [7, 11) is 0. The van der Waals surface area contributed by atoms with Crippen LogP contribution >= 0.6 is 0 Å². The van der Waals surface area contributed by atoms with E-state index in [-0.39, 0.29) is 0 Å². The Balaban J connectivity index is 2.93. The van der Waals surface area contributed by atoms with Crippen LogP contribution in [0.2, 0.25) is 0 Å². The van der Waals surface area contributed by atoms with Crippen molar-refractivity contribution >= 4 is 0 Å². The molecular weight excluding hydrogens is 190 g/mol. The van der Waals surface area contributed by atoms with Gasteiger partial charge in [-0.2, -0.15) is 0 Å². The van der Waals surface area contributed by atoms with Gasteiger partial charge in [-0.15, -0.1) is 0 Å². The molecule has 3 heteroatoms. The second-order valence-corrected chi connectivity index (χ2v) is 4.54. The zero-order chi connectivity index (χ0) is 11.5. The van der Waals surface area contributed by atoms with Crippen molar-refractivity contribution in [2.45, 2.75) is 40.2 Å². The van der Waals surface area contributed by atoms with E-state index in [2.05, 4.69) is 33.0 Å². The molecule has 1 N–H and O–H groups in total. The van der Waals surface area contributed by atoms with E-state index in [1.807, 2.05) is 0 Å². The van der Waals surface area contributed by atoms with Gasteiger partial charge in [0.05, 0.1) is 6.61 Å². The first kappa shape index (κ1) is 14.9. The Kier molecular flexibility index (Phi) is 10.3. The van der Waals surface area contributed by atoms with E-state index in [9.17, 15) is 0 Å². The molecule has 0 rings (SSSR count). The predicted octanol–water partition coefficient (Wildman–Crippen LogP) is 2.06. The van der Waals surface area contributed by atoms with E-state index in [4.69, 9.17) is 9.47 Å². The van der Waals surface area contributed by atoms with Crippen molar-refractivity contribution in [1.82, 2.24) is 5.32 Å². The van der Waals surface area contributed by atoms with Crippen molar-refractivity contribution in [3.8, 4) is 0 Å². The van der Waals surface area contributed by atoms with Gasteiger partial charge in [-0.1, -0.05) is 27.7 Å². The third-order valence-corrected chi connectivity index (χ3v) is 1.83. The fourth-order valence-electron chi connectivity index (χ4n) is 1.10. The Labute approximate surface area is 94.5 Å². The highest BCUT2D eigenvalue weighted by molar-refractivity contribution is 4.50. The van der Waals surface area contributed by atoms with Gasteiger partial charge in [0.15, 0.2) is 0 Å². The molecule has 0 radical (unpaired) electrons. The van der Waals surface area contributed by atoms with E-state index in [0.717, 1.165) is 39.4 Å². The molecular formula is C12H27NO2. The molecule has 92 valence electrons. The Morgan fingerprint density at radius 2 is 1.60 bits per heavy atom. The van der Waals surface area contributed by atoms with Crippen molar-refractivity contribution in [3.63, 3.8) is 0 Å². The summed E-state index contributed by atoms with van der Waals surface area (Å²) in [5, 5.41) is 3.31. The maximum absolute atomic E-state index is 5.45. The van der Waals surface area contributed by atoms with Crippen LogP contribution in [-0.4, -0.2) is 39.0 Å². The van der Waals surface area contributed by atoms with Crippen LogP contribution in [-0.2, 0) is 9.47 Å². The van der Waals surface area contributed by atoms with Crippen LogP contribution in [0.25, 0.3) is 0 Å². The van der Waals surface area contributed by atoms with Crippen LogP contribution in [0.1, 0.15) is 34.1 Å². The van der Waals surface area contributed by atoms with Crippen molar-refractivity contribution in [2.24, 2.45) is 5.92 Å². The van der Waals surface area contributed by atoms with Crippen LogP contribution in [0, 0.1) is 5.92 Å². The Hall–Kier alpha value is -0.120. The van der Waals surface area contributed by atoms with Gasteiger partial charge in [0.25, 0.3) is 0 Å². The molecule has 0 amide bonds. The first-order valence-electron chi connectivity index (χ1n) is 6.01. The zero-order valence-electron chi connectivity index (χ0n) is 10.7. The lowest BCUT2D eigenvalue weighted by molar-refractivity contribution is 0.0719. The molecule has 0 aliphatic rings. The van der Waals surface area contributed by atoms with Gasteiger partial charge < -0.3 is 14.8 Å². The average molecular weight is 217 g/mol. The van der Waals surface area contributed by atoms with E-state index in [1.165, 1.54) is 0 Å². The van der Waals surface area contributed by atoms with Crippen molar-refractivity contribution in [3.05, 3.63) is 0 Å². The molecule has 0 spiro atoms. The molecule has 0 atom stereocenters. The summed E-state index contributed by atoms with van der Waals surface area (Å²) in [6.45, 7) is 12.8. The molecule has 0 aromatic carbocycles. The highest BCUT2D eigenvalue weighted by atomic mass is 16.5. The van der Waals surface area contributed by atoms with Gasteiger partial charge in [0, 0.05) is 32.4 Å². The minimum atomic E-state index is 0.544. The Morgan fingerprint density at radius 3 is 2.20 bits per heavy atom. The minimum Gasteiger partial charge on any atom is -0.381 e. The van der Waals surface area contributed by atoms with Gasteiger partial charge in [0.2, 0.25) is 0 Å². The Morgan fingerprint density at radius 1 is 0.933 bits per heavy atom. The van der Waals surface area contributed by atoms with Gasteiger partial charge in [-0.05, 0) is 12.3 Å². The molecule has 3 nitrogen and oxygen atoms in total. The second kappa shape index (κ2) is 10.4. The standard InChI is InChI=1S/C12H27NO2/c1-11(2)10-15-8-5-7-14-9-6-13-12(3)4/h11-13H,5-10H2,1-4H3. The van der Waals surface area contributed by atoms with Crippen molar-refractivity contribution in [1.29, 1.82) is 0 Å². The molecule has 15 heavy (non-hydrogen) atoms. The fourth-order valence-corrected chi connectivity index (χ4v) is 1.10. The van der Waals surface area contributed by atoms with E-state index in [0.29, 0.717) is 12.0 Å². The lowest BCUT2D eigenvalue weighted by atomic mass is 10.2. The zero-order valence-corrected chi connectivity index (χ0v) is 10.7. The number of rotatable bonds is 10. The molecule has 0 unspecified atom stereocenters. The van der Waals surface area contributed by atoms with Crippen LogP contribution in [0.15, 0.2) is 0 Å². The highest BCUT2D eigenvalue weighted by Crippen LogP contribution is 1.93. The van der Waals surface area contributed by atoms with Crippen LogP contribution in [0.5, 0.6) is 0 Å². The van der Waals surface area contributed by atoms with Crippen molar-refractivity contribution in [2.75, 3.05) is 33.0 Å². The normalized spacial score (nSPS) is 11.6.